The molecule has 1 unspecified atom stereocenters. The summed E-state index contributed by atoms with van der Waals surface area (Å²) in [6, 6.07) is 6.07. The van der Waals surface area contributed by atoms with Crippen LogP contribution in [0.2, 0.25) is 0 Å². The maximum atomic E-state index is 11.8. The zero-order valence-electron chi connectivity index (χ0n) is 11.6. The number of hydrogen-bond acceptors (Lipinski definition) is 5. The Morgan fingerprint density at radius 2 is 2.15 bits per heavy atom. The Kier molecular flexibility index (Phi) is 5.97. The third-order valence-corrected chi connectivity index (χ3v) is 3.53. The number of ether oxygens (including phenoxy) is 1. The first-order valence-corrected chi connectivity index (χ1v) is 8.35. The zero-order valence-corrected chi connectivity index (χ0v) is 12.4. The van der Waals surface area contributed by atoms with E-state index in [2.05, 4.69) is 5.32 Å². The fraction of sp³-hybridized carbons (Fsp3) is 0.462. The van der Waals surface area contributed by atoms with Gasteiger partial charge in [0.25, 0.3) is 0 Å². The molecule has 112 valence electrons. The van der Waals surface area contributed by atoms with Gasteiger partial charge in [-0.05, 0) is 25.5 Å². The van der Waals surface area contributed by atoms with Crippen molar-refractivity contribution in [2.75, 3.05) is 23.9 Å². The first-order valence-electron chi connectivity index (χ1n) is 6.29. The summed E-state index contributed by atoms with van der Waals surface area (Å²) in [6.45, 7) is 2.40. The molecule has 1 atom stereocenters. The number of carbonyl (C=O) groups is 1. The van der Waals surface area contributed by atoms with Crippen LogP contribution in [0.1, 0.15) is 13.3 Å². The minimum absolute atomic E-state index is 0.0931. The van der Waals surface area contributed by atoms with Gasteiger partial charge in [0.05, 0.1) is 18.4 Å². The summed E-state index contributed by atoms with van der Waals surface area (Å²) >= 11 is 0. The van der Waals surface area contributed by atoms with Crippen LogP contribution in [0.5, 0.6) is 5.75 Å². The molecule has 0 aliphatic carbocycles. The van der Waals surface area contributed by atoms with Gasteiger partial charge in [-0.15, -0.1) is 0 Å². The van der Waals surface area contributed by atoms with E-state index in [4.69, 9.17) is 10.5 Å². The normalized spacial score (nSPS) is 12.8. The molecule has 7 heteroatoms. The minimum atomic E-state index is -3.12. The lowest BCUT2D eigenvalue weighted by Crippen LogP contribution is -2.37. The van der Waals surface area contributed by atoms with E-state index in [9.17, 15) is 13.2 Å². The van der Waals surface area contributed by atoms with Gasteiger partial charge in [-0.2, -0.15) is 0 Å². The molecule has 0 saturated heterocycles. The maximum Gasteiger partial charge on any atom is 0.241 e. The molecular weight excluding hydrogens is 280 g/mol. The Morgan fingerprint density at radius 1 is 1.45 bits per heavy atom. The third-order valence-electron chi connectivity index (χ3n) is 2.55. The van der Waals surface area contributed by atoms with Gasteiger partial charge in [0.1, 0.15) is 15.6 Å². The molecule has 1 amide bonds. The number of benzene rings is 1. The third kappa shape index (κ3) is 6.03. The fourth-order valence-corrected chi connectivity index (χ4v) is 2.22. The van der Waals surface area contributed by atoms with Crippen LogP contribution in [-0.2, 0) is 14.6 Å². The SMILES string of the molecule is CCOc1cccc(NC(=O)C(N)CCS(C)(=O)=O)c1. The van der Waals surface area contributed by atoms with Gasteiger partial charge in [0.15, 0.2) is 0 Å². The van der Waals surface area contributed by atoms with Crippen LogP contribution in [-0.4, -0.2) is 39.0 Å². The second kappa shape index (κ2) is 7.25. The number of nitrogens with two attached hydrogens (primary N) is 1. The highest BCUT2D eigenvalue weighted by molar-refractivity contribution is 7.90. The molecule has 0 spiro atoms. The highest BCUT2D eigenvalue weighted by atomic mass is 32.2. The molecule has 0 heterocycles. The fourth-order valence-electron chi connectivity index (χ4n) is 1.54. The molecule has 0 aliphatic rings. The molecular formula is C13H20N2O4S. The monoisotopic (exact) mass is 300 g/mol. The standard InChI is InChI=1S/C13H20N2O4S/c1-3-19-11-6-4-5-10(9-11)15-13(16)12(14)7-8-20(2,17)18/h4-6,9,12H,3,7-8,14H2,1-2H3,(H,15,16). The predicted octanol–water partition coefficient (Wildman–Crippen LogP) is 0.786. The van der Waals surface area contributed by atoms with Crippen molar-refractivity contribution in [3.8, 4) is 5.75 Å². The number of sulfone groups is 1. The van der Waals surface area contributed by atoms with E-state index in [-0.39, 0.29) is 12.2 Å². The number of carbonyl (C=O) groups excluding carboxylic acids is 1. The molecule has 1 rings (SSSR count). The summed E-state index contributed by atoms with van der Waals surface area (Å²) in [5.41, 5.74) is 6.23. The Hall–Kier alpha value is -1.60. The quantitative estimate of drug-likeness (QED) is 0.775. The summed E-state index contributed by atoms with van der Waals surface area (Å²) in [5.74, 6) is 0.123. The number of hydrogen-bond donors (Lipinski definition) is 2. The Balaban J connectivity index is 2.59. The smallest absolute Gasteiger partial charge is 0.241 e. The topological polar surface area (TPSA) is 98.5 Å². The summed E-state index contributed by atoms with van der Waals surface area (Å²) in [4.78, 5) is 11.8. The van der Waals surface area contributed by atoms with Crippen molar-refractivity contribution in [2.45, 2.75) is 19.4 Å². The molecule has 6 nitrogen and oxygen atoms in total. The molecule has 1 aromatic carbocycles. The van der Waals surface area contributed by atoms with Crippen molar-refractivity contribution in [1.82, 2.24) is 0 Å². The Labute approximate surface area is 119 Å². The van der Waals surface area contributed by atoms with Gasteiger partial charge in [0.2, 0.25) is 5.91 Å². The maximum absolute atomic E-state index is 11.8. The van der Waals surface area contributed by atoms with Crippen molar-refractivity contribution in [2.24, 2.45) is 5.73 Å². The summed E-state index contributed by atoms with van der Waals surface area (Å²) in [7, 11) is -3.12. The lowest BCUT2D eigenvalue weighted by Gasteiger charge is -2.12. The molecule has 3 N–H and O–H groups in total. The molecule has 0 aliphatic heterocycles. The van der Waals surface area contributed by atoms with Crippen molar-refractivity contribution in [1.29, 1.82) is 0 Å². The Bertz CT molecular complexity index is 557. The average molecular weight is 300 g/mol. The first kappa shape index (κ1) is 16.5. The van der Waals surface area contributed by atoms with E-state index in [1.807, 2.05) is 6.92 Å². The van der Waals surface area contributed by atoms with Gasteiger partial charge in [-0.25, -0.2) is 8.42 Å². The summed E-state index contributed by atoms with van der Waals surface area (Å²) in [6.07, 6.45) is 1.21. The van der Waals surface area contributed by atoms with E-state index in [0.717, 1.165) is 6.26 Å². The highest BCUT2D eigenvalue weighted by Gasteiger charge is 2.16. The summed E-state index contributed by atoms with van der Waals surface area (Å²) < 4.78 is 27.4. The van der Waals surface area contributed by atoms with Gasteiger partial charge in [-0.3, -0.25) is 4.79 Å². The predicted molar refractivity (Wildman–Crippen MR) is 78.5 cm³/mol. The number of rotatable bonds is 7. The number of amides is 1. The lowest BCUT2D eigenvalue weighted by molar-refractivity contribution is -0.117. The lowest BCUT2D eigenvalue weighted by atomic mass is 10.2. The molecule has 0 radical (unpaired) electrons. The van der Waals surface area contributed by atoms with Crippen LogP contribution in [0, 0.1) is 0 Å². The molecule has 1 aromatic rings. The summed E-state index contributed by atoms with van der Waals surface area (Å²) in [5, 5.41) is 2.64. The van der Waals surface area contributed by atoms with Crippen LogP contribution in [0.15, 0.2) is 24.3 Å². The molecule has 20 heavy (non-hydrogen) atoms. The van der Waals surface area contributed by atoms with Crippen molar-refractivity contribution >= 4 is 21.4 Å². The minimum Gasteiger partial charge on any atom is -0.494 e. The number of anilines is 1. The van der Waals surface area contributed by atoms with Gasteiger partial charge in [-0.1, -0.05) is 6.07 Å². The van der Waals surface area contributed by atoms with Crippen molar-refractivity contribution < 1.29 is 17.9 Å². The van der Waals surface area contributed by atoms with Gasteiger partial charge in [0, 0.05) is 18.0 Å². The van der Waals surface area contributed by atoms with E-state index < -0.39 is 21.8 Å². The van der Waals surface area contributed by atoms with Crippen molar-refractivity contribution in [3.05, 3.63) is 24.3 Å². The largest absolute Gasteiger partial charge is 0.494 e. The van der Waals surface area contributed by atoms with Crippen LogP contribution < -0.4 is 15.8 Å². The number of nitrogens with one attached hydrogen (secondary N) is 1. The average Bonchev–Trinajstić information content (AvgIpc) is 2.36. The van der Waals surface area contributed by atoms with E-state index in [1.165, 1.54) is 0 Å². The second-order valence-corrected chi connectivity index (χ2v) is 6.73. The van der Waals surface area contributed by atoms with Crippen LogP contribution in [0.4, 0.5) is 5.69 Å². The zero-order chi connectivity index (χ0) is 15.2. The van der Waals surface area contributed by atoms with E-state index in [0.29, 0.717) is 18.0 Å². The van der Waals surface area contributed by atoms with Crippen LogP contribution in [0.25, 0.3) is 0 Å². The van der Waals surface area contributed by atoms with Crippen LogP contribution in [0.3, 0.4) is 0 Å². The van der Waals surface area contributed by atoms with Gasteiger partial charge >= 0.3 is 0 Å². The molecule has 0 bridgehead atoms. The molecule has 0 aromatic heterocycles. The Morgan fingerprint density at radius 3 is 2.75 bits per heavy atom. The van der Waals surface area contributed by atoms with E-state index in [1.54, 1.807) is 24.3 Å². The van der Waals surface area contributed by atoms with Crippen molar-refractivity contribution in [3.63, 3.8) is 0 Å². The van der Waals surface area contributed by atoms with E-state index >= 15 is 0 Å². The second-order valence-electron chi connectivity index (χ2n) is 4.48. The van der Waals surface area contributed by atoms with Gasteiger partial charge < -0.3 is 15.8 Å². The molecule has 0 saturated carbocycles. The highest BCUT2D eigenvalue weighted by Crippen LogP contribution is 2.17. The first-order chi connectivity index (χ1) is 9.31. The van der Waals surface area contributed by atoms with Crippen LogP contribution >= 0.6 is 0 Å². The molecule has 0 fully saturated rings.